The van der Waals surface area contributed by atoms with E-state index in [1.807, 2.05) is 13.8 Å². The summed E-state index contributed by atoms with van der Waals surface area (Å²) in [5.41, 5.74) is 0.752. The van der Waals surface area contributed by atoms with Crippen LogP contribution < -0.4 is 10.1 Å². The first-order valence-corrected chi connectivity index (χ1v) is 7.03. The van der Waals surface area contributed by atoms with Gasteiger partial charge in [-0.3, -0.25) is 0 Å². The van der Waals surface area contributed by atoms with Gasteiger partial charge in [0.05, 0.1) is 19.8 Å². The van der Waals surface area contributed by atoms with Crippen LogP contribution in [0.4, 0.5) is 9.18 Å². The largest absolute Gasteiger partial charge is 0.494 e. The maximum Gasteiger partial charge on any atom is 0.317 e. The number of methoxy groups -OCH3 is 1. The number of amides is 2. The maximum atomic E-state index is 13.4. The smallest absolute Gasteiger partial charge is 0.317 e. The Morgan fingerprint density at radius 1 is 1.48 bits per heavy atom. The van der Waals surface area contributed by atoms with Crippen LogP contribution in [0.1, 0.15) is 31.9 Å². The van der Waals surface area contributed by atoms with Gasteiger partial charge in [0.15, 0.2) is 11.6 Å². The molecule has 0 saturated carbocycles. The van der Waals surface area contributed by atoms with Crippen molar-refractivity contribution in [1.29, 1.82) is 0 Å². The standard InChI is InChI=1S/C15H23FN2O3/c1-4-7-18(8-9-19)15(20)17-11(2)12-5-6-13(16)14(10-12)21-3/h5-6,10-11,19H,4,7-9H2,1-3H3,(H,17,20). The molecular formula is C15H23FN2O3. The number of carbonyl (C=O) groups excluding carboxylic acids is 1. The van der Waals surface area contributed by atoms with E-state index in [1.165, 1.54) is 13.2 Å². The fourth-order valence-corrected chi connectivity index (χ4v) is 2.01. The molecule has 21 heavy (non-hydrogen) atoms. The van der Waals surface area contributed by atoms with E-state index in [0.717, 1.165) is 12.0 Å². The molecule has 0 heterocycles. The van der Waals surface area contributed by atoms with Crippen molar-refractivity contribution in [3.05, 3.63) is 29.6 Å². The zero-order chi connectivity index (χ0) is 15.8. The van der Waals surface area contributed by atoms with Crippen molar-refractivity contribution < 1.29 is 19.0 Å². The molecule has 118 valence electrons. The highest BCUT2D eigenvalue weighted by atomic mass is 19.1. The Balaban J connectivity index is 2.75. The molecule has 0 aliphatic heterocycles. The van der Waals surface area contributed by atoms with Crippen LogP contribution in [0.5, 0.6) is 5.75 Å². The van der Waals surface area contributed by atoms with Crippen molar-refractivity contribution >= 4 is 6.03 Å². The molecule has 0 saturated heterocycles. The number of nitrogens with zero attached hydrogens (tertiary/aromatic N) is 1. The lowest BCUT2D eigenvalue weighted by Crippen LogP contribution is -2.42. The van der Waals surface area contributed by atoms with Gasteiger partial charge in [0.25, 0.3) is 0 Å². The highest BCUT2D eigenvalue weighted by Gasteiger charge is 2.16. The molecule has 0 fully saturated rings. The SMILES string of the molecule is CCCN(CCO)C(=O)NC(C)c1ccc(F)c(OC)c1. The van der Waals surface area contributed by atoms with Crippen LogP contribution in [0.15, 0.2) is 18.2 Å². The predicted molar refractivity (Wildman–Crippen MR) is 78.8 cm³/mol. The van der Waals surface area contributed by atoms with Gasteiger partial charge in [0.2, 0.25) is 0 Å². The fourth-order valence-electron chi connectivity index (χ4n) is 2.01. The van der Waals surface area contributed by atoms with Gasteiger partial charge in [0, 0.05) is 13.1 Å². The Morgan fingerprint density at radius 2 is 2.19 bits per heavy atom. The van der Waals surface area contributed by atoms with Crippen LogP contribution in [0, 0.1) is 5.82 Å². The Kier molecular flexibility index (Phi) is 6.94. The summed E-state index contributed by atoms with van der Waals surface area (Å²) in [6.45, 7) is 4.57. The molecule has 0 aromatic heterocycles. The minimum absolute atomic E-state index is 0.0772. The number of hydrogen-bond acceptors (Lipinski definition) is 3. The Labute approximate surface area is 124 Å². The molecule has 1 aromatic rings. The van der Waals surface area contributed by atoms with Crippen LogP contribution in [-0.4, -0.2) is 42.8 Å². The first kappa shape index (κ1) is 17.2. The van der Waals surface area contributed by atoms with E-state index in [2.05, 4.69) is 5.32 Å². The van der Waals surface area contributed by atoms with Crippen LogP contribution >= 0.6 is 0 Å². The number of aliphatic hydroxyl groups excluding tert-OH is 1. The van der Waals surface area contributed by atoms with Gasteiger partial charge in [0.1, 0.15) is 0 Å². The average Bonchev–Trinajstić information content (AvgIpc) is 2.47. The monoisotopic (exact) mass is 298 g/mol. The van der Waals surface area contributed by atoms with E-state index in [1.54, 1.807) is 17.0 Å². The van der Waals surface area contributed by atoms with Crippen molar-refractivity contribution in [2.24, 2.45) is 0 Å². The molecule has 6 heteroatoms. The van der Waals surface area contributed by atoms with Crippen molar-refractivity contribution in [2.45, 2.75) is 26.3 Å². The van der Waals surface area contributed by atoms with Gasteiger partial charge in [-0.15, -0.1) is 0 Å². The van der Waals surface area contributed by atoms with Gasteiger partial charge in [-0.1, -0.05) is 13.0 Å². The molecule has 2 amide bonds. The molecule has 1 rings (SSSR count). The van der Waals surface area contributed by atoms with Crippen molar-refractivity contribution in [3.63, 3.8) is 0 Å². The van der Waals surface area contributed by atoms with E-state index >= 15 is 0 Å². The summed E-state index contributed by atoms with van der Waals surface area (Å²) in [7, 11) is 1.40. The number of rotatable bonds is 7. The third-order valence-electron chi connectivity index (χ3n) is 3.17. The summed E-state index contributed by atoms with van der Waals surface area (Å²) >= 11 is 0. The fraction of sp³-hybridized carbons (Fsp3) is 0.533. The van der Waals surface area contributed by atoms with E-state index in [4.69, 9.17) is 9.84 Å². The molecule has 0 spiro atoms. The zero-order valence-electron chi connectivity index (χ0n) is 12.7. The number of ether oxygens (including phenoxy) is 1. The topological polar surface area (TPSA) is 61.8 Å². The lowest BCUT2D eigenvalue weighted by Gasteiger charge is -2.24. The summed E-state index contributed by atoms with van der Waals surface area (Å²) in [5, 5.41) is 11.8. The summed E-state index contributed by atoms with van der Waals surface area (Å²) < 4.78 is 18.3. The van der Waals surface area contributed by atoms with E-state index in [9.17, 15) is 9.18 Å². The summed E-state index contributed by atoms with van der Waals surface area (Å²) in [6, 6.07) is 3.95. The molecule has 1 aromatic carbocycles. The van der Waals surface area contributed by atoms with Crippen LogP contribution in [0.3, 0.4) is 0 Å². The number of benzene rings is 1. The number of carbonyl (C=O) groups is 1. The molecule has 0 aliphatic carbocycles. The average molecular weight is 298 g/mol. The lowest BCUT2D eigenvalue weighted by molar-refractivity contribution is 0.174. The Bertz CT molecular complexity index is 462. The third-order valence-corrected chi connectivity index (χ3v) is 3.17. The third kappa shape index (κ3) is 4.90. The van der Waals surface area contributed by atoms with Gasteiger partial charge < -0.3 is 20.1 Å². The van der Waals surface area contributed by atoms with Gasteiger partial charge in [-0.2, -0.15) is 0 Å². The first-order chi connectivity index (χ1) is 10.0. The molecule has 5 nitrogen and oxygen atoms in total. The molecule has 0 aliphatic rings. The number of nitrogens with one attached hydrogen (secondary N) is 1. The summed E-state index contributed by atoms with van der Waals surface area (Å²) in [4.78, 5) is 13.7. The van der Waals surface area contributed by atoms with Gasteiger partial charge in [-0.05, 0) is 31.0 Å². The quantitative estimate of drug-likeness (QED) is 0.812. The van der Waals surface area contributed by atoms with Crippen molar-refractivity contribution in [1.82, 2.24) is 10.2 Å². The number of hydrogen-bond donors (Lipinski definition) is 2. The highest BCUT2D eigenvalue weighted by molar-refractivity contribution is 5.74. The minimum Gasteiger partial charge on any atom is -0.494 e. The molecule has 0 radical (unpaired) electrons. The van der Waals surface area contributed by atoms with Crippen LogP contribution in [-0.2, 0) is 0 Å². The van der Waals surface area contributed by atoms with E-state index in [-0.39, 0.29) is 24.4 Å². The number of urea groups is 1. The number of halogens is 1. The number of aliphatic hydroxyl groups is 1. The van der Waals surface area contributed by atoms with Crippen molar-refractivity contribution in [3.8, 4) is 5.75 Å². The molecule has 1 unspecified atom stereocenters. The second kappa shape index (κ2) is 8.46. The Hall–Kier alpha value is -1.82. The second-order valence-electron chi connectivity index (χ2n) is 4.78. The maximum absolute atomic E-state index is 13.4. The van der Waals surface area contributed by atoms with E-state index in [0.29, 0.717) is 13.1 Å². The molecule has 0 bridgehead atoms. The summed E-state index contributed by atoms with van der Waals surface area (Å²) in [6.07, 6.45) is 0.812. The first-order valence-electron chi connectivity index (χ1n) is 7.03. The minimum atomic E-state index is -0.437. The summed E-state index contributed by atoms with van der Waals surface area (Å²) in [5.74, 6) is -0.290. The Morgan fingerprint density at radius 3 is 2.76 bits per heavy atom. The molecular weight excluding hydrogens is 275 g/mol. The highest BCUT2D eigenvalue weighted by Crippen LogP contribution is 2.22. The zero-order valence-corrected chi connectivity index (χ0v) is 12.7. The second-order valence-corrected chi connectivity index (χ2v) is 4.78. The van der Waals surface area contributed by atoms with Gasteiger partial charge in [-0.25, -0.2) is 9.18 Å². The molecule has 2 N–H and O–H groups in total. The normalized spacial score (nSPS) is 11.9. The van der Waals surface area contributed by atoms with Crippen molar-refractivity contribution in [2.75, 3.05) is 26.8 Å². The lowest BCUT2D eigenvalue weighted by atomic mass is 10.1. The van der Waals surface area contributed by atoms with Crippen LogP contribution in [0.2, 0.25) is 0 Å². The van der Waals surface area contributed by atoms with E-state index < -0.39 is 5.82 Å². The van der Waals surface area contributed by atoms with Crippen LogP contribution in [0.25, 0.3) is 0 Å². The molecule has 1 atom stereocenters. The van der Waals surface area contributed by atoms with Gasteiger partial charge >= 0.3 is 6.03 Å². The predicted octanol–water partition coefficient (Wildman–Crippen LogP) is 2.31.